The number of rotatable bonds is 3. The summed E-state index contributed by atoms with van der Waals surface area (Å²) in [7, 11) is 0. The van der Waals surface area contributed by atoms with Gasteiger partial charge in [0.05, 0.1) is 5.56 Å². The standard InChI is InChI=1S/C9H8BrF3S/c10-5-6-14-8-3-1-7(2-4-8)9(11,12)13/h1-4H,5-6H2. The number of halogens is 4. The average Bonchev–Trinajstić information content (AvgIpc) is 2.14. The Morgan fingerprint density at radius 3 is 2.14 bits per heavy atom. The van der Waals surface area contributed by atoms with E-state index < -0.39 is 11.7 Å². The van der Waals surface area contributed by atoms with Gasteiger partial charge in [0.15, 0.2) is 0 Å². The van der Waals surface area contributed by atoms with Gasteiger partial charge in [-0.25, -0.2) is 0 Å². The van der Waals surface area contributed by atoms with Crippen LogP contribution in [-0.4, -0.2) is 11.1 Å². The maximum absolute atomic E-state index is 12.2. The first-order chi connectivity index (χ1) is 6.54. The maximum atomic E-state index is 12.2. The first-order valence-electron chi connectivity index (χ1n) is 3.90. The van der Waals surface area contributed by atoms with Crippen LogP contribution in [0.4, 0.5) is 13.2 Å². The summed E-state index contributed by atoms with van der Waals surface area (Å²) in [5.74, 6) is 0.853. The number of alkyl halides is 4. The Morgan fingerprint density at radius 1 is 1.14 bits per heavy atom. The zero-order chi connectivity index (χ0) is 10.6. The summed E-state index contributed by atoms with van der Waals surface area (Å²) in [5, 5.41) is 0.832. The minimum absolute atomic E-state index is 0.597. The highest BCUT2D eigenvalue weighted by atomic mass is 79.9. The molecule has 0 heterocycles. The van der Waals surface area contributed by atoms with Gasteiger partial charge in [0.1, 0.15) is 0 Å². The van der Waals surface area contributed by atoms with Crippen molar-refractivity contribution in [2.75, 3.05) is 11.1 Å². The van der Waals surface area contributed by atoms with Crippen LogP contribution in [0.15, 0.2) is 29.2 Å². The lowest BCUT2D eigenvalue weighted by Gasteiger charge is -2.06. The average molecular weight is 285 g/mol. The minimum Gasteiger partial charge on any atom is -0.166 e. The van der Waals surface area contributed by atoms with Gasteiger partial charge in [-0.1, -0.05) is 15.9 Å². The number of benzene rings is 1. The van der Waals surface area contributed by atoms with Crippen molar-refractivity contribution >= 4 is 27.7 Å². The van der Waals surface area contributed by atoms with Crippen molar-refractivity contribution in [3.05, 3.63) is 29.8 Å². The molecule has 5 heteroatoms. The number of hydrogen-bond acceptors (Lipinski definition) is 1. The Morgan fingerprint density at radius 2 is 1.71 bits per heavy atom. The van der Waals surface area contributed by atoms with E-state index in [1.807, 2.05) is 0 Å². The van der Waals surface area contributed by atoms with Crippen LogP contribution in [0.5, 0.6) is 0 Å². The second-order valence-corrected chi connectivity index (χ2v) is 4.52. The summed E-state index contributed by atoms with van der Waals surface area (Å²) in [4.78, 5) is 0.859. The molecule has 1 rings (SSSR count). The summed E-state index contributed by atoms with van der Waals surface area (Å²) in [5.41, 5.74) is -0.597. The van der Waals surface area contributed by atoms with Gasteiger partial charge in [0.2, 0.25) is 0 Å². The molecule has 0 aliphatic heterocycles. The highest BCUT2D eigenvalue weighted by Crippen LogP contribution is 2.30. The minimum atomic E-state index is -4.24. The molecule has 0 fully saturated rings. The lowest BCUT2D eigenvalue weighted by Crippen LogP contribution is -2.03. The van der Waals surface area contributed by atoms with Crippen molar-refractivity contribution in [3.8, 4) is 0 Å². The van der Waals surface area contributed by atoms with E-state index in [-0.39, 0.29) is 0 Å². The molecule has 0 nitrogen and oxygen atoms in total. The molecule has 0 aromatic heterocycles. The van der Waals surface area contributed by atoms with Crippen molar-refractivity contribution in [1.29, 1.82) is 0 Å². The monoisotopic (exact) mass is 284 g/mol. The van der Waals surface area contributed by atoms with Crippen molar-refractivity contribution in [1.82, 2.24) is 0 Å². The molecule has 0 aliphatic carbocycles. The van der Waals surface area contributed by atoms with Crippen LogP contribution in [0.3, 0.4) is 0 Å². The smallest absolute Gasteiger partial charge is 0.166 e. The summed E-state index contributed by atoms with van der Waals surface area (Å²) < 4.78 is 36.5. The van der Waals surface area contributed by atoms with Gasteiger partial charge in [-0.2, -0.15) is 13.2 Å². The molecule has 14 heavy (non-hydrogen) atoms. The SMILES string of the molecule is FC(F)(F)c1ccc(SCCBr)cc1. The van der Waals surface area contributed by atoms with E-state index in [0.717, 1.165) is 28.1 Å². The van der Waals surface area contributed by atoms with E-state index in [1.165, 1.54) is 23.9 Å². The van der Waals surface area contributed by atoms with E-state index in [4.69, 9.17) is 0 Å². The molecular weight excluding hydrogens is 277 g/mol. The van der Waals surface area contributed by atoms with Gasteiger partial charge in [-0.15, -0.1) is 11.8 Å². The van der Waals surface area contributed by atoms with Crippen LogP contribution in [-0.2, 0) is 6.18 Å². The predicted molar refractivity (Wildman–Crippen MR) is 56.0 cm³/mol. The zero-order valence-corrected chi connectivity index (χ0v) is 9.55. The number of hydrogen-bond donors (Lipinski definition) is 0. The normalized spacial score (nSPS) is 11.7. The van der Waals surface area contributed by atoms with E-state index in [9.17, 15) is 13.2 Å². The Balaban J connectivity index is 2.69. The molecule has 0 saturated heterocycles. The van der Waals surface area contributed by atoms with E-state index in [2.05, 4.69) is 15.9 Å². The fourth-order valence-electron chi connectivity index (χ4n) is 0.897. The van der Waals surface area contributed by atoms with Crippen LogP contribution >= 0.6 is 27.7 Å². The third-order valence-electron chi connectivity index (χ3n) is 1.53. The van der Waals surface area contributed by atoms with Crippen molar-refractivity contribution in [2.24, 2.45) is 0 Å². The molecule has 0 amide bonds. The third-order valence-corrected chi connectivity index (χ3v) is 3.46. The molecule has 1 aromatic rings. The molecule has 0 aliphatic rings. The Bertz CT molecular complexity index is 281. The second-order valence-electron chi connectivity index (χ2n) is 2.56. The van der Waals surface area contributed by atoms with Crippen LogP contribution < -0.4 is 0 Å². The topological polar surface area (TPSA) is 0 Å². The van der Waals surface area contributed by atoms with E-state index in [1.54, 1.807) is 0 Å². The molecule has 0 radical (unpaired) electrons. The van der Waals surface area contributed by atoms with E-state index >= 15 is 0 Å². The Hall–Kier alpha value is -0.160. The largest absolute Gasteiger partial charge is 0.416 e. The Labute approximate surface area is 93.0 Å². The van der Waals surface area contributed by atoms with Crippen molar-refractivity contribution in [2.45, 2.75) is 11.1 Å². The van der Waals surface area contributed by atoms with Gasteiger partial charge >= 0.3 is 6.18 Å². The molecule has 1 aromatic carbocycles. The summed E-state index contributed by atoms with van der Waals surface area (Å²) in [6, 6.07) is 5.21. The van der Waals surface area contributed by atoms with E-state index in [0.29, 0.717) is 0 Å². The molecule has 0 N–H and O–H groups in total. The van der Waals surface area contributed by atoms with Crippen LogP contribution in [0.1, 0.15) is 5.56 Å². The second kappa shape index (κ2) is 5.07. The fraction of sp³-hybridized carbons (Fsp3) is 0.333. The Kier molecular flexibility index (Phi) is 4.31. The van der Waals surface area contributed by atoms with Crippen molar-refractivity contribution < 1.29 is 13.2 Å². The predicted octanol–water partition coefficient (Wildman–Crippen LogP) is 4.19. The van der Waals surface area contributed by atoms with Crippen LogP contribution in [0.2, 0.25) is 0 Å². The van der Waals surface area contributed by atoms with Crippen LogP contribution in [0.25, 0.3) is 0 Å². The molecule has 0 atom stereocenters. The highest BCUT2D eigenvalue weighted by molar-refractivity contribution is 9.09. The molecule has 0 bridgehead atoms. The van der Waals surface area contributed by atoms with Crippen LogP contribution in [0, 0.1) is 0 Å². The fourth-order valence-corrected chi connectivity index (χ4v) is 2.02. The highest BCUT2D eigenvalue weighted by Gasteiger charge is 2.29. The summed E-state index contributed by atoms with van der Waals surface area (Å²) >= 11 is 4.78. The lowest BCUT2D eigenvalue weighted by atomic mass is 10.2. The molecule has 78 valence electrons. The summed E-state index contributed by atoms with van der Waals surface area (Å²) in [6.07, 6.45) is -4.24. The third kappa shape index (κ3) is 3.53. The van der Waals surface area contributed by atoms with Gasteiger partial charge in [-0.05, 0) is 24.3 Å². The van der Waals surface area contributed by atoms with Crippen molar-refractivity contribution in [3.63, 3.8) is 0 Å². The van der Waals surface area contributed by atoms with Gasteiger partial charge in [0, 0.05) is 16.0 Å². The molecule has 0 unspecified atom stereocenters. The van der Waals surface area contributed by atoms with Gasteiger partial charge < -0.3 is 0 Å². The molecule has 0 spiro atoms. The number of thioether (sulfide) groups is 1. The first-order valence-corrected chi connectivity index (χ1v) is 6.01. The molecule has 0 saturated carbocycles. The summed E-state index contributed by atoms with van der Waals surface area (Å²) in [6.45, 7) is 0. The quantitative estimate of drug-likeness (QED) is 0.592. The lowest BCUT2D eigenvalue weighted by molar-refractivity contribution is -0.137. The molecular formula is C9H8BrF3S. The maximum Gasteiger partial charge on any atom is 0.416 e. The first kappa shape index (κ1) is 11.9. The zero-order valence-electron chi connectivity index (χ0n) is 7.14. The van der Waals surface area contributed by atoms with Gasteiger partial charge in [-0.3, -0.25) is 0 Å². The van der Waals surface area contributed by atoms with Gasteiger partial charge in [0.25, 0.3) is 0 Å².